The predicted molar refractivity (Wildman–Crippen MR) is 104 cm³/mol. The van der Waals surface area contributed by atoms with E-state index in [2.05, 4.69) is 6.58 Å². The summed E-state index contributed by atoms with van der Waals surface area (Å²) in [6, 6.07) is -0.570. The molecule has 2 unspecified atom stereocenters. The van der Waals surface area contributed by atoms with Crippen LogP contribution in [0.25, 0.3) is 0 Å². The Morgan fingerprint density at radius 1 is 1.28 bits per heavy atom. The molecule has 1 aliphatic rings. The number of hydrogen-bond donors (Lipinski definition) is 0. The van der Waals surface area contributed by atoms with Crippen molar-refractivity contribution in [2.75, 3.05) is 39.9 Å². The number of esters is 1. The van der Waals surface area contributed by atoms with Gasteiger partial charge in [-0.25, -0.2) is 4.79 Å². The van der Waals surface area contributed by atoms with E-state index in [0.29, 0.717) is 0 Å². The Hall–Kier alpha value is -1.69. The number of carbonyl (C=O) groups excluding carboxylic acids is 2. The molecule has 1 aliphatic heterocycles. The minimum Gasteiger partial charge on any atom is -0.460 e. The van der Waals surface area contributed by atoms with Gasteiger partial charge in [0, 0.05) is 7.11 Å². The van der Waals surface area contributed by atoms with Crippen molar-refractivity contribution >= 4 is 22.2 Å². The van der Waals surface area contributed by atoms with Crippen LogP contribution in [0.1, 0.15) is 27.2 Å². The zero-order chi connectivity index (χ0) is 22.2. The third-order valence-corrected chi connectivity index (χ3v) is 4.47. The fraction of sp³-hybridized carbons (Fsp3) is 0.778. The second kappa shape index (κ2) is 10.9. The molecule has 0 aromatic carbocycles. The average Bonchev–Trinajstić information content (AvgIpc) is 2.57. The molecule has 0 radical (unpaired) electrons. The van der Waals surface area contributed by atoms with Gasteiger partial charge >= 0.3 is 12.1 Å². The van der Waals surface area contributed by atoms with Gasteiger partial charge in [-0.2, -0.15) is 8.42 Å². The van der Waals surface area contributed by atoms with Gasteiger partial charge in [0.1, 0.15) is 25.1 Å². The summed E-state index contributed by atoms with van der Waals surface area (Å²) < 4.78 is 49.3. The molecular formula is C18H31NO9S. The number of rotatable bonds is 9. The highest BCUT2D eigenvalue weighted by Gasteiger charge is 2.45. The van der Waals surface area contributed by atoms with Crippen molar-refractivity contribution in [2.45, 2.75) is 44.9 Å². The van der Waals surface area contributed by atoms with Crippen molar-refractivity contribution in [2.24, 2.45) is 5.92 Å². The quantitative estimate of drug-likeness (QED) is 0.173. The van der Waals surface area contributed by atoms with Gasteiger partial charge in [-0.3, -0.25) is 8.98 Å². The van der Waals surface area contributed by atoms with Crippen molar-refractivity contribution < 1.29 is 41.1 Å². The summed E-state index contributed by atoms with van der Waals surface area (Å²) in [5.41, 5.74) is -0.769. The van der Waals surface area contributed by atoms with Crippen molar-refractivity contribution in [1.29, 1.82) is 0 Å². The maximum Gasteiger partial charge on any atom is 0.410 e. The smallest absolute Gasteiger partial charge is 0.410 e. The van der Waals surface area contributed by atoms with Crippen molar-refractivity contribution in [3.8, 4) is 0 Å². The Morgan fingerprint density at radius 3 is 2.45 bits per heavy atom. The second-order valence-corrected chi connectivity index (χ2v) is 9.26. The molecule has 1 rings (SSSR count). The molecule has 0 aliphatic carbocycles. The Kier molecular flexibility index (Phi) is 9.53. The van der Waals surface area contributed by atoms with Crippen molar-refractivity contribution in [3.05, 3.63) is 12.7 Å². The van der Waals surface area contributed by atoms with E-state index in [1.807, 2.05) is 0 Å². The van der Waals surface area contributed by atoms with E-state index in [9.17, 15) is 18.0 Å². The first-order chi connectivity index (χ1) is 13.4. The van der Waals surface area contributed by atoms with Crippen LogP contribution >= 0.6 is 0 Å². The first-order valence-electron chi connectivity index (χ1n) is 9.10. The fourth-order valence-corrected chi connectivity index (χ4v) is 3.50. The predicted octanol–water partition coefficient (Wildman–Crippen LogP) is 1.31. The summed E-state index contributed by atoms with van der Waals surface area (Å²) in [6.45, 7) is 8.45. The van der Waals surface area contributed by atoms with Gasteiger partial charge in [-0.05, 0) is 27.2 Å². The van der Waals surface area contributed by atoms with Crippen LogP contribution in [-0.2, 0) is 38.0 Å². The Morgan fingerprint density at radius 2 is 1.93 bits per heavy atom. The molecule has 168 valence electrons. The fourth-order valence-electron chi connectivity index (χ4n) is 2.85. The van der Waals surface area contributed by atoms with Crippen LogP contribution in [0.4, 0.5) is 4.79 Å². The van der Waals surface area contributed by atoms with Crippen LogP contribution in [0.3, 0.4) is 0 Å². The summed E-state index contributed by atoms with van der Waals surface area (Å²) in [4.78, 5) is 26.5. The minimum atomic E-state index is -3.89. The molecule has 0 aromatic heterocycles. The number of likely N-dealkylation sites (tertiary alicyclic amines) is 1. The van der Waals surface area contributed by atoms with E-state index >= 15 is 0 Å². The molecular weight excluding hydrogens is 406 g/mol. The number of amides is 1. The SMILES string of the molecule is C=CCOC(=O)N1CC(OS(C)(=O)=O)C(C(=O)OC(C)(C)C)C[C@@H]1COCOC. The number of piperidine rings is 1. The van der Waals surface area contributed by atoms with Crippen LogP contribution in [-0.4, -0.2) is 83.0 Å². The molecule has 1 heterocycles. The zero-order valence-corrected chi connectivity index (χ0v) is 18.4. The highest BCUT2D eigenvalue weighted by Crippen LogP contribution is 2.30. The number of hydrogen-bond acceptors (Lipinski definition) is 9. The van der Waals surface area contributed by atoms with Crippen LogP contribution in [0, 0.1) is 5.92 Å². The van der Waals surface area contributed by atoms with E-state index < -0.39 is 45.8 Å². The summed E-state index contributed by atoms with van der Waals surface area (Å²) in [5.74, 6) is -1.52. The van der Waals surface area contributed by atoms with E-state index in [1.165, 1.54) is 18.1 Å². The van der Waals surface area contributed by atoms with Crippen molar-refractivity contribution in [3.63, 3.8) is 0 Å². The minimum absolute atomic E-state index is 0.00752. The first kappa shape index (κ1) is 25.3. The first-order valence-corrected chi connectivity index (χ1v) is 10.9. The lowest BCUT2D eigenvalue weighted by Crippen LogP contribution is -2.57. The molecule has 0 N–H and O–H groups in total. The van der Waals surface area contributed by atoms with Crippen molar-refractivity contribution in [1.82, 2.24) is 4.90 Å². The summed E-state index contributed by atoms with van der Waals surface area (Å²) in [5, 5.41) is 0. The van der Waals surface area contributed by atoms with E-state index in [1.54, 1.807) is 20.8 Å². The standard InChI is InChI=1S/C18H31NO9S/c1-7-8-26-17(21)19-10-15(28-29(6,22)23)14(16(20)27-18(2,3)4)9-13(19)11-25-12-24-5/h7,13-15H,1,8-12H2,2-6H3/t13-,14?,15?/m1/s1. The zero-order valence-electron chi connectivity index (χ0n) is 17.6. The highest BCUT2D eigenvalue weighted by molar-refractivity contribution is 7.86. The summed E-state index contributed by atoms with van der Waals surface area (Å²) >= 11 is 0. The van der Waals surface area contributed by atoms with E-state index in [4.69, 9.17) is 23.1 Å². The number of nitrogens with zero attached hydrogens (tertiary/aromatic N) is 1. The molecule has 11 heteroatoms. The molecule has 0 spiro atoms. The van der Waals surface area contributed by atoms with E-state index in [0.717, 1.165) is 6.26 Å². The third-order valence-electron chi connectivity index (χ3n) is 3.87. The van der Waals surface area contributed by atoms with Crippen LogP contribution in [0.5, 0.6) is 0 Å². The number of methoxy groups -OCH3 is 1. The lowest BCUT2D eigenvalue weighted by Gasteiger charge is -2.42. The van der Waals surface area contributed by atoms with Gasteiger partial charge in [-0.1, -0.05) is 12.7 Å². The number of ether oxygens (including phenoxy) is 4. The van der Waals surface area contributed by atoms with Gasteiger partial charge < -0.3 is 23.8 Å². The maximum atomic E-state index is 12.7. The molecule has 0 aromatic rings. The van der Waals surface area contributed by atoms with Crippen LogP contribution in [0.15, 0.2) is 12.7 Å². The molecule has 0 saturated carbocycles. The second-order valence-electron chi connectivity index (χ2n) is 7.66. The van der Waals surface area contributed by atoms with Gasteiger partial charge in [0.2, 0.25) is 0 Å². The van der Waals surface area contributed by atoms with Gasteiger partial charge in [0.15, 0.2) is 0 Å². The molecule has 1 amide bonds. The average molecular weight is 438 g/mol. The summed E-state index contributed by atoms with van der Waals surface area (Å²) in [7, 11) is -2.44. The van der Waals surface area contributed by atoms with Crippen LogP contribution in [0.2, 0.25) is 0 Å². The highest BCUT2D eigenvalue weighted by atomic mass is 32.2. The molecule has 29 heavy (non-hydrogen) atoms. The molecule has 3 atom stereocenters. The lowest BCUT2D eigenvalue weighted by atomic mass is 9.88. The Labute approximate surface area is 172 Å². The molecule has 1 saturated heterocycles. The lowest BCUT2D eigenvalue weighted by molar-refractivity contribution is -0.167. The number of carbonyl (C=O) groups is 2. The van der Waals surface area contributed by atoms with Gasteiger partial charge in [0.25, 0.3) is 10.1 Å². The molecule has 1 fully saturated rings. The Balaban J connectivity index is 3.13. The molecule has 0 bridgehead atoms. The van der Waals surface area contributed by atoms with E-state index in [-0.39, 0.29) is 33.0 Å². The molecule has 10 nitrogen and oxygen atoms in total. The van der Waals surface area contributed by atoms with Gasteiger partial charge in [0.05, 0.1) is 31.4 Å². The third kappa shape index (κ3) is 9.11. The monoisotopic (exact) mass is 437 g/mol. The van der Waals surface area contributed by atoms with Crippen LogP contribution < -0.4 is 0 Å². The maximum absolute atomic E-state index is 12.7. The topological polar surface area (TPSA) is 118 Å². The Bertz CT molecular complexity index is 671. The normalized spacial score (nSPS) is 22.8. The summed E-state index contributed by atoms with van der Waals surface area (Å²) in [6.07, 6.45) is 0.553. The largest absolute Gasteiger partial charge is 0.460 e. The van der Waals surface area contributed by atoms with Gasteiger partial charge in [-0.15, -0.1) is 0 Å².